The average molecular weight is 226 g/mol. The fraction of sp³-hybridized carbons (Fsp3) is 0.500. The van der Waals surface area contributed by atoms with E-state index in [1.807, 2.05) is 35.6 Å². The first-order valence-electron chi connectivity index (χ1n) is 5.61. The molecule has 4 heteroatoms. The lowest BCUT2D eigenvalue weighted by molar-refractivity contribution is -0.661. The predicted octanol–water partition coefficient (Wildman–Crippen LogP) is -0.628. The van der Waals surface area contributed by atoms with Crippen molar-refractivity contribution >= 4 is 0 Å². The second kappa shape index (κ2) is 8.10. The first kappa shape index (κ1) is 13.0. The van der Waals surface area contributed by atoms with E-state index in [1.54, 1.807) is 0 Å². The summed E-state index contributed by atoms with van der Waals surface area (Å²) in [5.74, 6) is 0.775. The van der Waals surface area contributed by atoms with Crippen LogP contribution in [0.4, 0.5) is 0 Å². The van der Waals surface area contributed by atoms with E-state index in [1.165, 1.54) is 0 Å². The van der Waals surface area contributed by atoms with Crippen LogP contribution in [0.2, 0.25) is 0 Å². The molecule has 0 saturated heterocycles. The highest BCUT2D eigenvalue weighted by molar-refractivity contribution is 5.20. The monoisotopic (exact) mass is 226 g/mol. The molecule has 1 aromatic rings. The van der Waals surface area contributed by atoms with Crippen molar-refractivity contribution in [3.8, 4) is 5.75 Å². The highest BCUT2D eigenvalue weighted by atomic mass is 16.5. The molecule has 1 aromatic carbocycles. The number of rotatable bonds is 8. The van der Waals surface area contributed by atoms with Gasteiger partial charge in [0.05, 0.1) is 6.54 Å². The zero-order chi connectivity index (χ0) is 11.6. The molecule has 90 valence electrons. The van der Waals surface area contributed by atoms with Crippen molar-refractivity contribution < 1.29 is 20.3 Å². The number of benzene rings is 1. The Morgan fingerprint density at radius 3 is 2.69 bits per heavy atom. The van der Waals surface area contributed by atoms with E-state index < -0.39 is 6.10 Å². The summed E-state index contributed by atoms with van der Waals surface area (Å²) in [6.07, 6.45) is 0.283. The van der Waals surface area contributed by atoms with Crippen LogP contribution in [0.1, 0.15) is 6.42 Å². The van der Waals surface area contributed by atoms with Gasteiger partial charge in [0, 0.05) is 13.0 Å². The third-order valence-corrected chi connectivity index (χ3v) is 2.19. The zero-order valence-electron chi connectivity index (χ0n) is 9.38. The maximum Gasteiger partial charge on any atom is 0.137 e. The van der Waals surface area contributed by atoms with Crippen LogP contribution in [0, 0.1) is 0 Å². The molecule has 1 atom stereocenters. The van der Waals surface area contributed by atoms with Crippen LogP contribution in [-0.2, 0) is 0 Å². The fourth-order valence-electron chi connectivity index (χ4n) is 1.32. The summed E-state index contributed by atoms with van der Waals surface area (Å²) in [6, 6.07) is 9.44. The quantitative estimate of drug-likeness (QED) is 0.517. The van der Waals surface area contributed by atoms with Crippen molar-refractivity contribution in [1.29, 1.82) is 0 Å². The van der Waals surface area contributed by atoms with Crippen LogP contribution < -0.4 is 10.1 Å². The molecule has 0 heterocycles. The molecule has 0 radical (unpaired) electrons. The van der Waals surface area contributed by atoms with E-state index >= 15 is 0 Å². The van der Waals surface area contributed by atoms with Gasteiger partial charge in [0.15, 0.2) is 0 Å². The number of nitrogens with two attached hydrogens (primary N) is 1. The standard InChI is InChI=1S/C12H19NO3/c14-8-4-7-13-9-11(15)10-16-12-5-2-1-3-6-12/h1-3,5-6,11,13-15H,4,7-10H2/p+1. The Bertz CT molecular complexity index is 266. The van der Waals surface area contributed by atoms with Crippen LogP contribution >= 0.6 is 0 Å². The Morgan fingerprint density at radius 2 is 2.00 bits per heavy atom. The normalized spacial score (nSPS) is 12.4. The third kappa shape index (κ3) is 5.70. The Labute approximate surface area is 95.9 Å². The van der Waals surface area contributed by atoms with Gasteiger partial charge in [-0.1, -0.05) is 18.2 Å². The molecule has 4 N–H and O–H groups in total. The summed E-state index contributed by atoms with van der Waals surface area (Å²) in [6.45, 7) is 1.94. The largest absolute Gasteiger partial charge is 0.491 e. The first-order chi connectivity index (χ1) is 7.83. The maximum absolute atomic E-state index is 9.59. The molecule has 16 heavy (non-hydrogen) atoms. The van der Waals surface area contributed by atoms with Crippen LogP contribution in [0.5, 0.6) is 5.75 Å². The third-order valence-electron chi connectivity index (χ3n) is 2.19. The molecule has 0 aromatic heterocycles. The number of para-hydroxylation sites is 1. The van der Waals surface area contributed by atoms with E-state index in [2.05, 4.69) is 0 Å². The van der Waals surface area contributed by atoms with Gasteiger partial charge in [-0.2, -0.15) is 0 Å². The molecule has 0 aliphatic rings. The van der Waals surface area contributed by atoms with Crippen molar-refractivity contribution in [3.63, 3.8) is 0 Å². The molecule has 0 fully saturated rings. The first-order valence-corrected chi connectivity index (χ1v) is 5.61. The minimum absolute atomic E-state index is 0.201. The van der Waals surface area contributed by atoms with Gasteiger partial charge in [-0.05, 0) is 12.1 Å². The summed E-state index contributed by atoms with van der Waals surface area (Å²) in [7, 11) is 0. The lowest BCUT2D eigenvalue weighted by Gasteiger charge is -2.11. The van der Waals surface area contributed by atoms with Crippen molar-refractivity contribution in [1.82, 2.24) is 0 Å². The van der Waals surface area contributed by atoms with Gasteiger partial charge in [0.2, 0.25) is 0 Å². The Balaban J connectivity index is 2.08. The highest BCUT2D eigenvalue weighted by Gasteiger charge is 2.06. The topological polar surface area (TPSA) is 66.3 Å². The number of aliphatic hydroxyl groups excluding tert-OH is 2. The van der Waals surface area contributed by atoms with Gasteiger partial charge in [0.25, 0.3) is 0 Å². The van der Waals surface area contributed by atoms with Crippen molar-refractivity contribution in [2.45, 2.75) is 12.5 Å². The smallest absolute Gasteiger partial charge is 0.137 e. The summed E-state index contributed by atoms with van der Waals surface area (Å²) in [5, 5.41) is 20.1. The fourth-order valence-corrected chi connectivity index (χ4v) is 1.32. The predicted molar refractivity (Wildman–Crippen MR) is 61.3 cm³/mol. The van der Waals surface area contributed by atoms with Crippen molar-refractivity contribution in [3.05, 3.63) is 30.3 Å². The van der Waals surface area contributed by atoms with Gasteiger partial charge in [0.1, 0.15) is 25.0 Å². The van der Waals surface area contributed by atoms with Gasteiger partial charge < -0.3 is 20.3 Å². The molecular weight excluding hydrogens is 206 g/mol. The molecule has 1 rings (SSSR count). The van der Waals surface area contributed by atoms with E-state index in [4.69, 9.17) is 9.84 Å². The number of aliphatic hydroxyl groups is 2. The van der Waals surface area contributed by atoms with E-state index in [0.29, 0.717) is 13.2 Å². The summed E-state index contributed by atoms with van der Waals surface area (Å²) < 4.78 is 5.41. The van der Waals surface area contributed by atoms with Gasteiger partial charge in [-0.3, -0.25) is 0 Å². The average Bonchev–Trinajstić information content (AvgIpc) is 2.33. The van der Waals surface area contributed by atoms with Gasteiger partial charge >= 0.3 is 0 Å². The summed E-state index contributed by atoms with van der Waals surface area (Å²) in [5.41, 5.74) is 0. The Hall–Kier alpha value is -1.10. The SMILES string of the molecule is OCCC[NH2+]CC(O)COc1ccccc1. The lowest BCUT2D eigenvalue weighted by Crippen LogP contribution is -2.86. The van der Waals surface area contributed by atoms with Gasteiger partial charge in [-0.15, -0.1) is 0 Å². The van der Waals surface area contributed by atoms with Gasteiger partial charge in [-0.25, -0.2) is 0 Å². The summed E-state index contributed by atoms with van der Waals surface area (Å²) >= 11 is 0. The summed E-state index contributed by atoms with van der Waals surface area (Å²) in [4.78, 5) is 0. The van der Waals surface area contributed by atoms with Crippen molar-refractivity contribution in [2.24, 2.45) is 0 Å². The number of hydrogen-bond acceptors (Lipinski definition) is 3. The number of hydrogen-bond donors (Lipinski definition) is 3. The molecule has 0 spiro atoms. The molecule has 0 amide bonds. The van der Waals surface area contributed by atoms with E-state index in [9.17, 15) is 5.11 Å². The number of ether oxygens (including phenoxy) is 1. The minimum atomic E-state index is -0.473. The van der Waals surface area contributed by atoms with E-state index in [-0.39, 0.29) is 6.61 Å². The lowest BCUT2D eigenvalue weighted by atomic mass is 10.3. The van der Waals surface area contributed by atoms with Crippen LogP contribution in [-0.4, -0.2) is 42.6 Å². The molecule has 0 saturated carbocycles. The molecule has 1 unspecified atom stereocenters. The van der Waals surface area contributed by atoms with E-state index in [0.717, 1.165) is 18.7 Å². The molecule has 4 nitrogen and oxygen atoms in total. The number of quaternary nitrogens is 1. The molecule has 0 aliphatic carbocycles. The van der Waals surface area contributed by atoms with Crippen LogP contribution in [0.25, 0.3) is 0 Å². The second-order valence-electron chi connectivity index (χ2n) is 3.67. The second-order valence-corrected chi connectivity index (χ2v) is 3.67. The molecule has 0 aliphatic heterocycles. The highest BCUT2D eigenvalue weighted by Crippen LogP contribution is 2.07. The Kier molecular flexibility index (Phi) is 6.56. The Morgan fingerprint density at radius 1 is 1.25 bits per heavy atom. The minimum Gasteiger partial charge on any atom is -0.491 e. The van der Waals surface area contributed by atoms with Crippen molar-refractivity contribution in [2.75, 3.05) is 26.3 Å². The van der Waals surface area contributed by atoms with Crippen LogP contribution in [0.15, 0.2) is 30.3 Å². The maximum atomic E-state index is 9.59. The molecular formula is C12H20NO3+. The van der Waals surface area contributed by atoms with Crippen LogP contribution in [0.3, 0.4) is 0 Å². The zero-order valence-corrected chi connectivity index (χ0v) is 9.38. The molecule has 0 bridgehead atoms.